The average Bonchev–Trinajstić information content (AvgIpc) is 2.36. The molecule has 0 aromatic carbocycles. The Bertz CT molecular complexity index is 415. The molecule has 0 saturated carbocycles. The number of ether oxygens (including phenoxy) is 1. The second-order valence-electron chi connectivity index (χ2n) is 5.12. The van der Waals surface area contributed by atoms with Gasteiger partial charge in [-0.2, -0.15) is 4.31 Å². The maximum Gasteiger partial charge on any atom is 0.216 e. The molecule has 0 unspecified atom stereocenters. The molecule has 1 aliphatic heterocycles. The summed E-state index contributed by atoms with van der Waals surface area (Å²) in [6, 6.07) is 0. The van der Waals surface area contributed by atoms with Gasteiger partial charge in [-0.15, -0.1) is 0 Å². The predicted octanol–water partition coefficient (Wildman–Crippen LogP) is -0.355. The van der Waals surface area contributed by atoms with Crippen LogP contribution in [0.4, 0.5) is 0 Å². The van der Waals surface area contributed by atoms with E-state index < -0.39 is 10.0 Å². The molecule has 2 N–H and O–H groups in total. The third kappa shape index (κ3) is 4.09. The maximum atomic E-state index is 12.0. The third-order valence-electron chi connectivity index (χ3n) is 3.57. The highest BCUT2D eigenvalue weighted by molar-refractivity contribution is 7.89. The lowest BCUT2D eigenvalue weighted by molar-refractivity contribution is 0.123. The van der Waals surface area contributed by atoms with Gasteiger partial charge in [0.2, 0.25) is 10.0 Å². The lowest BCUT2D eigenvalue weighted by Gasteiger charge is -2.42. The van der Waals surface area contributed by atoms with E-state index in [4.69, 9.17) is 22.7 Å². The van der Waals surface area contributed by atoms with Crippen LogP contribution in [-0.4, -0.2) is 73.8 Å². The summed E-state index contributed by atoms with van der Waals surface area (Å²) >= 11 is 5.06. The molecule has 0 bridgehead atoms. The number of piperazine rings is 1. The highest BCUT2D eigenvalue weighted by atomic mass is 32.2. The molecule has 0 spiro atoms. The number of rotatable bonds is 6. The number of nitrogens with two attached hydrogens (primary N) is 1. The van der Waals surface area contributed by atoms with Gasteiger partial charge in [0.05, 0.1) is 22.9 Å². The average molecular weight is 309 g/mol. The zero-order chi connectivity index (χ0) is 14.7. The van der Waals surface area contributed by atoms with Gasteiger partial charge in [0.1, 0.15) is 0 Å². The van der Waals surface area contributed by atoms with Crippen LogP contribution in [-0.2, 0) is 14.8 Å². The Kier molecular flexibility index (Phi) is 5.69. The number of hydrogen-bond acceptors (Lipinski definition) is 5. The molecule has 0 aromatic heterocycles. The number of sulfonamides is 1. The molecule has 0 amide bonds. The summed E-state index contributed by atoms with van der Waals surface area (Å²) in [6.45, 7) is 6.36. The molecule has 1 rings (SSSR count). The van der Waals surface area contributed by atoms with Crippen LogP contribution in [0, 0.1) is 0 Å². The number of nitrogens with zero attached hydrogens (tertiary/aromatic N) is 2. The van der Waals surface area contributed by atoms with Crippen molar-refractivity contribution in [3.8, 4) is 0 Å². The first-order valence-electron chi connectivity index (χ1n) is 6.23. The van der Waals surface area contributed by atoms with Crippen molar-refractivity contribution < 1.29 is 13.2 Å². The van der Waals surface area contributed by atoms with Crippen LogP contribution in [0.25, 0.3) is 0 Å². The van der Waals surface area contributed by atoms with Crippen LogP contribution in [0.3, 0.4) is 0 Å². The van der Waals surface area contributed by atoms with Crippen LogP contribution in [0.2, 0.25) is 0 Å². The fourth-order valence-corrected chi connectivity index (χ4v) is 3.48. The molecule has 8 heteroatoms. The quantitative estimate of drug-likeness (QED) is 0.676. The summed E-state index contributed by atoms with van der Waals surface area (Å²) in [6.07, 6.45) is 0. The summed E-state index contributed by atoms with van der Waals surface area (Å²) in [5.41, 5.74) is 5.35. The van der Waals surface area contributed by atoms with E-state index >= 15 is 0 Å². The first kappa shape index (κ1) is 16.8. The first-order chi connectivity index (χ1) is 8.71. The molecule has 0 atom stereocenters. The number of methoxy groups -OCH3 is 1. The topological polar surface area (TPSA) is 75.9 Å². The van der Waals surface area contributed by atoms with Gasteiger partial charge >= 0.3 is 0 Å². The van der Waals surface area contributed by atoms with Gasteiger partial charge in [0, 0.05) is 33.3 Å². The molecule has 112 valence electrons. The maximum absolute atomic E-state index is 12.0. The van der Waals surface area contributed by atoms with Gasteiger partial charge < -0.3 is 10.5 Å². The lowest BCUT2D eigenvalue weighted by Crippen LogP contribution is -2.60. The van der Waals surface area contributed by atoms with Gasteiger partial charge in [-0.1, -0.05) is 12.2 Å². The molecule has 19 heavy (non-hydrogen) atoms. The van der Waals surface area contributed by atoms with Crippen LogP contribution < -0.4 is 5.73 Å². The molecule has 0 aliphatic carbocycles. The Labute approximate surface area is 120 Å². The van der Waals surface area contributed by atoms with Crippen molar-refractivity contribution in [1.82, 2.24) is 9.21 Å². The van der Waals surface area contributed by atoms with E-state index in [2.05, 4.69) is 4.90 Å². The van der Waals surface area contributed by atoms with Crippen LogP contribution in [0.15, 0.2) is 0 Å². The number of hydrogen-bond donors (Lipinski definition) is 1. The second kappa shape index (κ2) is 6.45. The normalized spacial score (nSPS) is 19.5. The van der Waals surface area contributed by atoms with E-state index in [9.17, 15) is 8.42 Å². The molecular formula is C11H23N3O3S2. The summed E-state index contributed by atoms with van der Waals surface area (Å²) < 4.78 is 30.4. The highest BCUT2D eigenvalue weighted by Gasteiger charge is 2.35. The van der Waals surface area contributed by atoms with Crippen molar-refractivity contribution in [3.63, 3.8) is 0 Å². The Hall–Kier alpha value is -0.280. The molecule has 1 fully saturated rings. The van der Waals surface area contributed by atoms with Gasteiger partial charge in [0.25, 0.3) is 0 Å². The summed E-state index contributed by atoms with van der Waals surface area (Å²) in [4.78, 5) is 2.56. The summed E-state index contributed by atoms with van der Waals surface area (Å²) in [5, 5.41) is 0. The summed E-state index contributed by atoms with van der Waals surface area (Å²) in [5.74, 6) is 0.0300. The third-order valence-corrected chi connectivity index (χ3v) is 5.91. The smallest absolute Gasteiger partial charge is 0.216 e. The van der Waals surface area contributed by atoms with Crippen LogP contribution in [0.5, 0.6) is 0 Å². The fourth-order valence-electron chi connectivity index (χ4n) is 2.00. The first-order valence-corrected chi connectivity index (χ1v) is 8.25. The van der Waals surface area contributed by atoms with Gasteiger partial charge in [-0.25, -0.2) is 8.42 Å². The highest BCUT2D eigenvalue weighted by Crippen LogP contribution is 2.18. The molecular weight excluding hydrogens is 286 g/mol. The molecule has 1 heterocycles. The fraction of sp³-hybridized carbons (Fsp3) is 0.909. The van der Waals surface area contributed by atoms with E-state index in [0.29, 0.717) is 31.2 Å². The minimum atomic E-state index is -3.22. The minimum absolute atomic E-state index is 0.0300. The van der Waals surface area contributed by atoms with Crippen molar-refractivity contribution >= 4 is 27.2 Å². The zero-order valence-corrected chi connectivity index (χ0v) is 13.4. The van der Waals surface area contributed by atoms with E-state index in [1.807, 2.05) is 13.8 Å². The van der Waals surface area contributed by atoms with Gasteiger partial charge in [0.15, 0.2) is 0 Å². The standard InChI is InChI=1S/C11H23N3O3S2/c1-11(2,10(12)18)13-4-6-14(7-5-13)19(15,16)9-8-17-3/h4-9H2,1-3H3,(H2,12,18). The predicted molar refractivity (Wildman–Crippen MR) is 79.7 cm³/mol. The Morgan fingerprint density at radius 2 is 1.84 bits per heavy atom. The molecule has 0 aromatic rings. The van der Waals surface area contributed by atoms with Crippen molar-refractivity contribution in [2.75, 3.05) is 45.6 Å². The number of thiocarbonyl (C=S) groups is 1. The second-order valence-corrected chi connectivity index (χ2v) is 7.65. The molecule has 6 nitrogen and oxygen atoms in total. The van der Waals surface area contributed by atoms with E-state index in [1.165, 1.54) is 11.4 Å². The van der Waals surface area contributed by atoms with Crippen LogP contribution >= 0.6 is 12.2 Å². The summed E-state index contributed by atoms with van der Waals surface area (Å²) in [7, 11) is -1.72. The van der Waals surface area contributed by atoms with E-state index in [-0.39, 0.29) is 17.9 Å². The Morgan fingerprint density at radius 1 is 1.32 bits per heavy atom. The zero-order valence-electron chi connectivity index (χ0n) is 11.8. The van der Waals surface area contributed by atoms with Crippen molar-refractivity contribution in [2.45, 2.75) is 19.4 Å². The van der Waals surface area contributed by atoms with E-state index in [1.54, 1.807) is 0 Å². The molecule has 0 radical (unpaired) electrons. The van der Waals surface area contributed by atoms with Crippen molar-refractivity contribution in [3.05, 3.63) is 0 Å². The van der Waals surface area contributed by atoms with Crippen LogP contribution in [0.1, 0.15) is 13.8 Å². The van der Waals surface area contributed by atoms with Gasteiger partial charge in [-0.3, -0.25) is 4.90 Å². The van der Waals surface area contributed by atoms with Crippen molar-refractivity contribution in [1.29, 1.82) is 0 Å². The Morgan fingerprint density at radius 3 is 2.26 bits per heavy atom. The monoisotopic (exact) mass is 309 g/mol. The van der Waals surface area contributed by atoms with Crippen molar-refractivity contribution in [2.24, 2.45) is 5.73 Å². The molecule has 1 aliphatic rings. The Balaban J connectivity index is 2.61. The SMILES string of the molecule is COCCS(=O)(=O)N1CCN(C(C)(C)C(N)=S)CC1. The van der Waals surface area contributed by atoms with E-state index in [0.717, 1.165) is 0 Å². The molecule has 1 saturated heterocycles. The van der Waals surface area contributed by atoms with Gasteiger partial charge in [-0.05, 0) is 13.8 Å². The lowest BCUT2D eigenvalue weighted by atomic mass is 10.0. The largest absolute Gasteiger partial charge is 0.392 e. The minimum Gasteiger partial charge on any atom is -0.392 e.